The third-order valence-corrected chi connectivity index (χ3v) is 3.83. The maximum Gasteiger partial charge on any atom is 0.240 e. The molecule has 1 amide bonds. The van der Waals surface area contributed by atoms with Gasteiger partial charge in [0.25, 0.3) is 0 Å². The quantitative estimate of drug-likeness (QED) is 0.733. The molecule has 1 aromatic heterocycles. The van der Waals surface area contributed by atoms with E-state index >= 15 is 0 Å². The Morgan fingerprint density at radius 1 is 1.27 bits per heavy atom. The number of methoxy groups -OCH3 is 1. The Balaban J connectivity index is 0.00000338. The molecule has 0 fully saturated rings. The summed E-state index contributed by atoms with van der Waals surface area (Å²) in [4.78, 5) is 16.5. The van der Waals surface area contributed by atoms with E-state index < -0.39 is 5.54 Å². The molecule has 0 radical (unpaired) electrons. The minimum absolute atomic E-state index is 0. The molecular weight excluding hydrogens is 354 g/mol. The fourth-order valence-electron chi connectivity index (χ4n) is 2.44. The van der Waals surface area contributed by atoms with Crippen LogP contribution in [0, 0.1) is 0 Å². The van der Waals surface area contributed by atoms with Crippen LogP contribution >= 0.6 is 12.4 Å². The van der Waals surface area contributed by atoms with Crippen LogP contribution in [-0.4, -0.2) is 23.5 Å². The lowest BCUT2D eigenvalue weighted by Gasteiger charge is -2.23. The van der Waals surface area contributed by atoms with Crippen LogP contribution in [0.1, 0.15) is 32.3 Å². The van der Waals surface area contributed by atoms with E-state index in [9.17, 15) is 4.79 Å². The molecule has 1 atom stereocenters. The van der Waals surface area contributed by atoms with Crippen molar-refractivity contribution < 1.29 is 14.3 Å². The zero-order chi connectivity index (χ0) is 18.3. The molecule has 7 heteroatoms. The normalized spacial score (nSPS) is 12.5. The van der Waals surface area contributed by atoms with E-state index in [1.807, 2.05) is 31.2 Å². The van der Waals surface area contributed by atoms with Gasteiger partial charge in [0, 0.05) is 24.4 Å². The number of nitrogens with two attached hydrogens (primary N) is 1. The van der Waals surface area contributed by atoms with Gasteiger partial charge in [0.2, 0.25) is 11.8 Å². The van der Waals surface area contributed by atoms with Crippen molar-refractivity contribution in [2.45, 2.75) is 38.8 Å². The lowest BCUT2D eigenvalue weighted by Crippen LogP contribution is -2.51. The maximum atomic E-state index is 12.3. The van der Waals surface area contributed by atoms with Crippen molar-refractivity contribution in [2.75, 3.05) is 7.11 Å². The van der Waals surface area contributed by atoms with Crippen LogP contribution in [0.15, 0.2) is 42.6 Å². The molecule has 3 N–H and O–H groups in total. The summed E-state index contributed by atoms with van der Waals surface area (Å²) in [5.41, 5.74) is 5.94. The number of nitrogens with zero attached hydrogens (tertiary/aromatic N) is 1. The van der Waals surface area contributed by atoms with Crippen molar-refractivity contribution in [3.63, 3.8) is 0 Å². The number of nitrogens with one attached hydrogen (secondary N) is 1. The van der Waals surface area contributed by atoms with E-state index in [0.717, 1.165) is 12.0 Å². The summed E-state index contributed by atoms with van der Waals surface area (Å²) in [6.45, 7) is 4.03. The van der Waals surface area contributed by atoms with Gasteiger partial charge in [-0.3, -0.25) is 4.79 Å². The Morgan fingerprint density at radius 3 is 2.69 bits per heavy atom. The fraction of sp³-hybridized carbons (Fsp3) is 0.368. The highest BCUT2D eigenvalue weighted by Crippen LogP contribution is 2.26. The van der Waals surface area contributed by atoms with Gasteiger partial charge in [-0.2, -0.15) is 0 Å². The van der Waals surface area contributed by atoms with Crippen LogP contribution < -0.4 is 20.5 Å². The Kier molecular flexibility index (Phi) is 8.35. The molecule has 1 heterocycles. The summed E-state index contributed by atoms with van der Waals surface area (Å²) in [5, 5.41) is 2.86. The maximum absolute atomic E-state index is 12.3. The van der Waals surface area contributed by atoms with Gasteiger partial charge in [0.15, 0.2) is 0 Å². The van der Waals surface area contributed by atoms with Gasteiger partial charge >= 0.3 is 0 Å². The average molecular weight is 380 g/mol. The molecule has 142 valence electrons. The molecule has 26 heavy (non-hydrogen) atoms. The molecule has 1 aromatic carbocycles. The Morgan fingerprint density at radius 2 is 2.00 bits per heavy atom. The molecular formula is C19H26ClN3O3. The Labute approximate surface area is 160 Å². The smallest absolute Gasteiger partial charge is 0.240 e. The first kappa shape index (κ1) is 21.7. The van der Waals surface area contributed by atoms with Crippen molar-refractivity contribution in [2.24, 2.45) is 5.73 Å². The molecule has 2 rings (SSSR count). The lowest BCUT2D eigenvalue weighted by atomic mass is 9.96. The van der Waals surface area contributed by atoms with Crippen molar-refractivity contribution in [3.05, 3.63) is 48.2 Å². The summed E-state index contributed by atoms with van der Waals surface area (Å²) < 4.78 is 11.0. The molecule has 2 aromatic rings. The number of ether oxygens (including phenoxy) is 2. The zero-order valence-corrected chi connectivity index (χ0v) is 16.1. The SMILES string of the molecule is CCCC(C)(N)C(=O)NCc1cccnc1Oc1cccc(OC)c1.Cl. The number of pyridine rings is 1. The Bertz CT molecular complexity index is 723. The van der Waals surface area contributed by atoms with Crippen LogP contribution in [0.3, 0.4) is 0 Å². The number of benzene rings is 1. The summed E-state index contributed by atoms with van der Waals surface area (Å²) in [6.07, 6.45) is 3.11. The van der Waals surface area contributed by atoms with Gasteiger partial charge in [-0.15, -0.1) is 12.4 Å². The van der Waals surface area contributed by atoms with Gasteiger partial charge in [0.1, 0.15) is 11.5 Å². The van der Waals surface area contributed by atoms with E-state index in [1.54, 1.807) is 32.4 Å². The second kappa shape index (κ2) is 9.99. The molecule has 0 aliphatic carbocycles. The topological polar surface area (TPSA) is 86.5 Å². The number of carbonyl (C=O) groups excluding carboxylic acids is 1. The molecule has 1 unspecified atom stereocenters. The van der Waals surface area contributed by atoms with Crippen molar-refractivity contribution in [3.8, 4) is 17.4 Å². The number of hydrogen-bond acceptors (Lipinski definition) is 5. The molecule has 0 saturated heterocycles. The second-order valence-corrected chi connectivity index (χ2v) is 6.10. The van der Waals surface area contributed by atoms with E-state index in [0.29, 0.717) is 30.3 Å². The minimum atomic E-state index is -0.884. The fourth-order valence-corrected chi connectivity index (χ4v) is 2.44. The van der Waals surface area contributed by atoms with E-state index in [1.165, 1.54) is 0 Å². The van der Waals surface area contributed by atoms with Crippen LogP contribution in [0.25, 0.3) is 0 Å². The number of rotatable bonds is 8. The van der Waals surface area contributed by atoms with Crippen LogP contribution in [0.4, 0.5) is 0 Å². The third-order valence-electron chi connectivity index (χ3n) is 3.83. The lowest BCUT2D eigenvalue weighted by molar-refractivity contribution is -0.126. The van der Waals surface area contributed by atoms with E-state index in [2.05, 4.69) is 10.3 Å². The highest BCUT2D eigenvalue weighted by Gasteiger charge is 2.26. The molecule has 0 bridgehead atoms. The highest BCUT2D eigenvalue weighted by molar-refractivity contribution is 5.85. The van der Waals surface area contributed by atoms with Crippen LogP contribution in [0.2, 0.25) is 0 Å². The highest BCUT2D eigenvalue weighted by atomic mass is 35.5. The Hall–Kier alpha value is -2.31. The summed E-state index contributed by atoms with van der Waals surface area (Å²) in [7, 11) is 1.60. The van der Waals surface area contributed by atoms with Crippen molar-refractivity contribution in [1.82, 2.24) is 10.3 Å². The second-order valence-electron chi connectivity index (χ2n) is 6.10. The predicted octanol–water partition coefficient (Wildman–Crippen LogP) is 3.44. The summed E-state index contributed by atoms with van der Waals surface area (Å²) >= 11 is 0. The molecule has 0 spiro atoms. The number of hydrogen-bond donors (Lipinski definition) is 2. The van der Waals surface area contributed by atoms with Gasteiger partial charge in [-0.25, -0.2) is 4.98 Å². The first-order valence-electron chi connectivity index (χ1n) is 8.29. The van der Waals surface area contributed by atoms with Crippen molar-refractivity contribution >= 4 is 18.3 Å². The first-order chi connectivity index (χ1) is 12.0. The van der Waals surface area contributed by atoms with Gasteiger partial charge < -0.3 is 20.5 Å². The van der Waals surface area contributed by atoms with Gasteiger partial charge in [-0.05, 0) is 31.5 Å². The number of halogens is 1. The van der Waals surface area contributed by atoms with Crippen molar-refractivity contribution in [1.29, 1.82) is 0 Å². The minimum Gasteiger partial charge on any atom is -0.497 e. The van der Waals surface area contributed by atoms with E-state index in [-0.39, 0.29) is 18.3 Å². The first-order valence-corrected chi connectivity index (χ1v) is 8.29. The van der Waals surface area contributed by atoms with Gasteiger partial charge in [-0.1, -0.05) is 25.5 Å². The monoisotopic (exact) mass is 379 g/mol. The number of aromatic nitrogens is 1. The van der Waals surface area contributed by atoms with Gasteiger partial charge in [0.05, 0.1) is 12.6 Å². The largest absolute Gasteiger partial charge is 0.497 e. The number of carbonyl (C=O) groups is 1. The summed E-state index contributed by atoms with van der Waals surface area (Å²) in [5.74, 6) is 1.55. The average Bonchev–Trinajstić information content (AvgIpc) is 2.60. The predicted molar refractivity (Wildman–Crippen MR) is 104 cm³/mol. The van der Waals surface area contributed by atoms with Crippen LogP contribution in [0.5, 0.6) is 17.4 Å². The molecule has 0 aliphatic heterocycles. The standard InChI is InChI=1S/C19H25N3O3.ClH/c1-4-10-19(2,20)18(23)22-13-14-7-6-11-21-17(14)25-16-9-5-8-15(12-16)24-3;/h5-9,11-12H,4,10,13,20H2,1-3H3,(H,22,23);1H. The molecule has 6 nitrogen and oxygen atoms in total. The molecule has 0 aliphatic rings. The van der Waals surface area contributed by atoms with E-state index in [4.69, 9.17) is 15.2 Å². The van der Waals surface area contributed by atoms with Crippen LogP contribution in [-0.2, 0) is 11.3 Å². The number of amides is 1. The summed E-state index contributed by atoms with van der Waals surface area (Å²) in [6, 6.07) is 10.9. The molecule has 0 saturated carbocycles. The third kappa shape index (κ3) is 5.89. The zero-order valence-electron chi connectivity index (χ0n) is 15.3.